The van der Waals surface area contributed by atoms with E-state index in [1.807, 2.05) is 13.8 Å². The van der Waals surface area contributed by atoms with E-state index in [4.69, 9.17) is 4.18 Å². The minimum atomic E-state index is -3.64. The molecule has 160 valence electrons. The fourth-order valence-electron chi connectivity index (χ4n) is 2.71. The van der Waals surface area contributed by atoms with Crippen LogP contribution in [-0.4, -0.2) is 36.4 Å². The van der Waals surface area contributed by atoms with E-state index in [2.05, 4.69) is 0 Å². The predicted octanol–water partition coefficient (Wildman–Crippen LogP) is 3.77. The lowest BCUT2D eigenvalue weighted by atomic mass is 10.1. The number of nitrogens with zero attached hydrogens (tertiary/aromatic N) is 2. The summed E-state index contributed by atoms with van der Waals surface area (Å²) in [5.41, 5.74) is 1.38. The van der Waals surface area contributed by atoms with Gasteiger partial charge in [-0.15, -0.1) is 0 Å². The first kappa shape index (κ1) is 23.1. The van der Waals surface area contributed by atoms with Crippen molar-refractivity contribution in [2.45, 2.75) is 32.9 Å². The van der Waals surface area contributed by atoms with Crippen molar-refractivity contribution in [2.24, 2.45) is 0 Å². The molecule has 1 amide bonds. The van der Waals surface area contributed by atoms with Crippen LogP contribution in [0.5, 0.6) is 5.75 Å². The van der Waals surface area contributed by atoms with Crippen molar-refractivity contribution in [1.82, 2.24) is 4.90 Å². The molecular weight excluding hydrogens is 408 g/mol. The van der Waals surface area contributed by atoms with Gasteiger partial charge >= 0.3 is 10.1 Å². The van der Waals surface area contributed by atoms with Crippen LogP contribution >= 0.6 is 0 Å². The highest BCUT2D eigenvalue weighted by Crippen LogP contribution is 2.19. The van der Waals surface area contributed by atoms with Gasteiger partial charge in [0, 0.05) is 30.8 Å². The Hall–Kier alpha value is -3.20. The summed E-state index contributed by atoms with van der Waals surface area (Å²) in [6, 6.07) is 12.4. The highest BCUT2D eigenvalue weighted by Gasteiger charge is 2.18. The van der Waals surface area contributed by atoms with Crippen LogP contribution in [0.15, 0.2) is 54.6 Å². The molecule has 0 aliphatic heterocycles. The molecule has 0 bridgehead atoms. The van der Waals surface area contributed by atoms with E-state index in [1.165, 1.54) is 24.3 Å². The quantitative estimate of drug-likeness (QED) is 0.258. The van der Waals surface area contributed by atoms with Crippen molar-refractivity contribution >= 4 is 27.8 Å². The Labute approximate surface area is 176 Å². The van der Waals surface area contributed by atoms with Gasteiger partial charge in [-0.25, -0.2) is 0 Å². The Morgan fingerprint density at radius 3 is 2.47 bits per heavy atom. The maximum atomic E-state index is 12.8. The minimum Gasteiger partial charge on any atom is -0.383 e. The first-order chi connectivity index (χ1) is 14.1. The van der Waals surface area contributed by atoms with Gasteiger partial charge in [0.1, 0.15) is 5.75 Å². The Morgan fingerprint density at radius 1 is 1.23 bits per heavy atom. The van der Waals surface area contributed by atoms with Crippen LogP contribution in [-0.2, 0) is 21.5 Å². The summed E-state index contributed by atoms with van der Waals surface area (Å²) in [5, 5.41) is 10.7. The zero-order valence-electron chi connectivity index (χ0n) is 17.0. The fourth-order valence-corrected chi connectivity index (χ4v) is 3.16. The maximum Gasteiger partial charge on any atom is 0.306 e. The molecule has 0 fully saturated rings. The highest BCUT2D eigenvalue weighted by molar-refractivity contribution is 7.86. The lowest BCUT2D eigenvalue weighted by Crippen LogP contribution is -2.36. The van der Waals surface area contributed by atoms with Gasteiger partial charge < -0.3 is 9.08 Å². The second kappa shape index (κ2) is 10.0. The molecule has 0 aliphatic carbocycles. The van der Waals surface area contributed by atoms with Gasteiger partial charge in [0.2, 0.25) is 5.91 Å². The third kappa shape index (κ3) is 7.00. The van der Waals surface area contributed by atoms with Gasteiger partial charge in [0.05, 0.1) is 11.2 Å². The average molecular weight is 432 g/mol. The number of nitro benzene ring substituents is 1. The van der Waals surface area contributed by atoms with E-state index >= 15 is 0 Å². The topological polar surface area (TPSA) is 107 Å². The molecule has 2 aromatic rings. The van der Waals surface area contributed by atoms with Crippen LogP contribution < -0.4 is 4.18 Å². The molecule has 0 N–H and O–H groups in total. The lowest BCUT2D eigenvalue weighted by molar-refractivity contribution is -0.384. The van der Waals surface area contributed by atoms with Crippen LogP contribution in [0.3, 0.4) is 0 Å². The molecule has 8 nitrogen and oxygen atoms in total. The lowest BCUT2D eigenvalue weighted by Gasteiger charge is -2.28. The molecule has 0 heterocycles. The van der Waals surface area contributed by atoms with Gasteiger partial charge in [0.15, 0.2) is 0 Å². The Morgan fingerprint density at radius 2 is 1.90 bits per heavy atom. The molecule has 9 heteroatoms. The molecule has 0 spiro atoms. The van der Waals surface area contributed by atoms with Crippen molar-refractivity contribution in [3.05, 3.63) is 75.8 Å². The zero-order valence-corrected chi connectivity index (χ0v) is 17.8. The van der Waals surface area contributed by atoms with Crippen molar-refractivity contribution in [3.8, 4) is 5.75 Å². The summed E-state index contributed by atoms with van der Waals surface area (Å²) in [5.74, 6) is -0.0369. The number of hydrogen-bond acceptors (Lipinski definition) is 6. The van der Waals surface area contributed by atoms with Crippen molar-refractivity contribution < 1.29 is 22.3 Å². The van der Waals surface area contributed by atoms with Gasteiger partial charge in [-0.05, 0) is 54.8 Å². The molecule has 2 rings (SSSR count). The summed E-state index contributed by atoms with van der Waals surface area (Å²) in [4.78, 5) is 24.7. The second-order valence-electron chi connectivity index (χ2n) is 6.84. The largest absolute Gasteiger partial charge is 0.383 e. The number of non-ortho nitro benzene ring substituents is 1. The first-order valence-electron chi connectivity index (χ1n) is 9.30. The van der Waals surface area contributed by atoms with Gasteiger partial charge in [0.25, 0.3) is 5.69 Å². The molecule has 0 aromatic heterocycles. The number of benzene rings is 2. The molecule has 2 aromatic carbocycles. The molecule has 0 radical (unpaired) electrons. The number of amides is 1. The number of carbonyl (C=O) groups is 1. The van der Waals surface area contributed by atoms with Crippen LogP contribution in [0.2, 0.25) is 0 Å². The molecular formula is C21H24N2O6S. The molecule has 0 saturated heterocycles. The first-order valence-corrected chi connectivity index (χ1v) is 11.1. The van der Waals surface area contributed by atoms with E-state index in [9.17, 15) is 23.3 Å². The van der Waals surface area contributed by atoms with Gasteiger partial charge in [-0.2, -0.15) is 8.42 Å². The summed E-state index contributed by atoms with van der Waals surface area (Å²) >= 11 is 0. The van der Waals surface area contributed by atoms with Crippen LogP contribution in [0.4, 0.5) is 5.69 Å². The number of nitro groups is 1. The Balaban J connectivity index is 2.18. The molecule has 0 aliphatic rings. The maximum absolute atomic E-state index is 12.8. The van der Waals surface area contributed by atoms with Crippen LogP contribution in [0, 0.1) is 10.1 Å². The van der Waals surface area contributed by atoms with Crippen molar-refractivity contribution in [3.63, 3.8) is 0 Å². The molecule has 1 unspecified atom stereocenters. The Kier molecular flexibility index (Phi) is 7.71. The normalized spacial score (nSPS) is 12.5. The summed E-state index contributed by atoms with van der Waals surface area (Å²) in [6.07, 6.45) is 4.73. The average Bonchev–Trinajstić information content (AvgIpc) is 2.69. The monoisotopic (exact) mass is 432 g/mol. The SMILES string of the molecule is CCC(C)N(Cc1cccc(OS(C)(=O)=O)c1)C(=O)/C=C/c1ccc([N+](=O)[O-])cc1. The smallest absolute Gasteiger partial charge is 0.306 e. The summed E-state index contributed by atoms with van der Waals surface area (Å²) < 4.78 is 27.6. The highest BCUT2D eigenvalue weighted by atomic mass is 32.2. The summed E-state index contributed by atoms with van der Waals surface area (Å²) in [6.45, 7) is 4.17. The van der Waals surface area contributed by atoms with E-state index in [0.29, 0.717) is 5.56 Å². The number of rotatable bonds is 9. The number of hydrogen-bond donors (Lipinski definition) is 0. The minimum absolute atomic E-state index is 0.0177. The van der Waals surface area contributed by atoms with Gasteiger partial charge in [-0.3, -0.25) is 14.9 Å². The summed E-state index contributed by atoms with van der Waals surface area (Å²) in [7, 11) is -3.64. The van der Waals surface area contributed by atoms with E-state index in [-0.39, 0.29) is 29.9 Å². The van der Waals surface area contributed by atoms with Gasteiger partial charge in [-0.1, -0.05) is 19.1 Å². The van der Waals surface area contributed by atoms with E-state index in [0.717, 1.165) is 18.2 Å². The molecule has 0 saturated carbocycles. The second-order valence-corrected chi connectivity index (χ2v) is 8.42. The van der Waals surface area contributed by atoms with Crippen LogP contribution in [0.25, 0.3) is 6.08 Å². The van der Waals surface area contributed by atoms with Crippen molar-refractivity contribution in [2.75, 3.05) is 6.26 Å². The van der Waals surface area contributed by atoms with Crippen molar-refractivity contribution in [1.29, 1.82) is 0 Å². The molecule has 30 heavy (non-hydrogen) atoms. The molecule has 1 atom stereocenters. The van der Waals surface area contributed by atoms with E-state index < -0.39 is 15.0 Å². The fraction of sp³-hybridized carbons (Fsp3) is 0.286. The standard InChI is InChI=1S/C21H24N2O6S/c1-4-16(2)22(15-18-6-5-7-20(14-18)29-30(3,27)28)21(24)13-10-17-8-11-19(12-9-17)23(25)26/h5-14,16H,4,15H2,1-3H3/b13-10+. The number of carbonyl (C=O) groups excluding carboxylic acids is 1. The zero-order chi connectivity index (χ0) is 22.3. The van der Waals surface area contributed by atoms with E-state index in [1.54, 1.807) is 41.3 Å². The Bertz CT molecular complexity index is 1030. The van der Waals surface area contributed by atoms with Crippen LogP contribution in [0.1, 0.15) is 31.4 Å². The third-order valence-electron chi connectivity index (χ3n) is 4.43. The predicted molar refractivity (Wildman–Crippen MR) is 114 cm³/mol. The third-order valence-corrected chi connectivity index (χ3v) is 4.92.